The Hall–Kier alpha value is -1.80. The van der Waals surface area contributed by atoms with Crippen LogP contribution < -0.4 is 5.32 Å². The molecule has 0 saturated carbocycles. The van der Waals surface area contributed by atoms with Crippen molar-refractivity contribution < 1.29 is 5.11 Å². The maximum Gasteiger partial charge on any atom is 0.115 e. The number of rotatable bonds is 6. The van der Waals surface area contributed by atoms with E-state index < -0.39 is 0 Å². The van der Waals surface area contributed by atoms with E-state index in [0.29, 0.717) is 11.7 Å². The van der Waals surface area contributed by atoms with Crippen molar-refractivity contribution in [1.82, 2.24) is 5.32 Å². The summed E-state index contributed by atoms with van der Waals surface area (Å²) in [5.41, 5.74) is 3.81. The topological polar surface area (TPSA) is 32.3 Å². The summed E-state index contributed by atoms with van der Waals surface area (Å²) in [6.45, 7) is 7.47. The van der Waals surface area contributed by atoms with Crippen LogP contribution >= 0.6 is 0 Å². The number of nitrogens with one attached hydrogen (secondary N) is 1. The van der Waals surface area contributed by atoms with Crippen LogP contribution in [0.15, 0.2) is 48.5 Å². The molecule has 0 aliphatic rings. The summed E-state index contributed by atoms with van der Waals surface area (Å²) >= 11 is 0. The predicted molar refractivity (Wildman–Crippen MR) is 88.8 cm³/mol. The van der Waals surface area contributed by atoms with E-state index in [1.54, 1.807) is 6.07 Å². The van der Waals surface area contributed by atoms with Gasteiger partial charge in [0.15, 0.2) is 0 Å². The van der Waals surface area contributed by atoms with Gasteiger partial charge in [-0.1, -0.05) is 57.2 Å². The van der Waals surface area contributed by atoms with Crippen molar-refractivity contribution in [2.75, 3.05) is 6.54 Å². The van der Waals surface area contributed by atoms with Crippen molar-refractivity contribution in [3.8, 4) is 5.75 Å². The molecule has 0 aliphatic carbocycles. The fraction of sp³-hybridized carbons (Fsp3) is 0.368. The molecular formula is C19H25NO. The number of likely N-dealkylation sites (N-methyl/N-ethyl adjacent to an activating group) is 1. The molecule has 0 spiro atoms. The Kier molecular flexibility index (Phi) is 5.40. The molecule has 0 aliphatic heterocycles. The van der Waals surface area contributed by atoms with Crippen LogP contribution in [0.3, 0.4) is 0 Å². The van der Waals surface area contributed by atoms with E-state index in [2.05, 4.69) is 56.4 Å². The summed E-state index contributed by atoms with van der Waals surface area (Å²) in [6, 6.07) is 16.6. The molecule has 0 saturated heterocycles. The van der Waals surface area contributed by atoms with Gasteiger partial charge in [-0.05, 0) is 47.7 Å². The van der Waals surface area contributed by atoms with Gasteiger partial charge in [-0.25, -0.2) is 0 Å². The Morgan fingerprint density at radius 3 is 2.24 bits per heavy atom. The second-order valence-corrected chi connectivity index (χ2v) is 5.81. The average Bonchev–Trinajstić information content (AvgIpc) is 2.47. The molecule has 0 amide bonds. The van der Waals surface area contributed by atoms with Crippen LogP contribution in [-0.4, -0.2) is 11.7 Å². The Morgan fingerprint density at radius 2 is 1.67 bits per heavy atom. The molecule has 2 rings (SSSR count). The van der Waals surface area contributed by atoms with Gasteiger partial charge >= 0.3 is 0 Å². The third kappa shape index (κ3) is 4.33. The Balaban J connectivity index is 2.18. The zero-order valence-electron chi connectivity index (χ0n) is 13.1. The van der Waals surface area contributed by atoms with Gasteiger partial charge in [-0.15, -0.1) is 0 Å². The molecule has 1 atom stereocenters. The highest BCUT2D eigenvalue weighted by atomic mass is 16.3. The third-order valence-electron chi connectivity index (χ3n) is 3.81. The van der Waals surface area contributed by atoms with Gasteiger partial charge in [0.2, 0.25) is 0 Å². The quantitative estimate of drug-likeness (QED) is 0.823. The molecule has 21 heavy (non-hydrogen) atoms. The molecule has 1 unspecified atom stereocenters. The van der Waals surface area contributed by atoms with Crippen LogP contribution in [0.1, 0.15) is 49.4 Å². The highest BCUT2D eigenvalue weighted by molar-refractivity contribution is 5.31. The zero-order valence-corrected chi connectivity index (χ0v) is 13.1. The van der Waals surface area contributed by atoms with Gasteiger partial charge in [-0.3, -0.25) is 0 Å². The smallest absolute Gasteiger partial charge is 0.115 e. The van der Waals surface area contributed by atoms with Crippen molar-refractivity contribution in [1.29, 1.82) is 0 Å². The van der Waals surface area contributed by atoms with Crippen molar-refractivity contribution in [3.63, 3.8) is 0 Å². The van der Waals surface area contributed by atoms with Crippen LogP contribution in [0.2, 0.25) is 0 Å². The molecule has 0 bridgehead atoms. The molecule has 2 aromatic carbocycles. The molecule has 0 radical (unpaired) electrons. The molecule has 2 N–H and O–H groups in total. The molecule has 2 heteroatoms. The van der Waals surface area contributed by atoms with E-state index >= 15 is 0 Å². The van der Waals surface area contributed by atoms with E-state index in [0.717, 1.165) is 18.5 Å². The second kappa shape index (κ2) is 7.28. The summed E-state index contributed by atoms with van der Waals surface area (Å²) in [5, 5.41) is 13.1. The minimum atomic E-state index is 0.276. The van der Waals surface area contributed by atoms with Gasteiger partial charge in [0, 0.05) is 6.04 Å². The van der Waals surface area contributed by atoms with Crippen molar-refractivity contribution >= 4 is 0 Å². The Morgan fingerprint density at radius 1 is 1.00 bits per heavy atom. The fourth-order valence-electron chi connectivity index (χ4n) is 2.59. The zero-order chi connectivity index (χ0) is 15.2. The first-order valence-corrected chi connectivity index (χ1v) is 7.71. The minimum absolute atomic E-state index is 0.276. The standard InChI is InChI=1S/C19H25NO/c1-4-20-19(13-15-6-5-7-18(21)12-15)17-10-8-16(9-11-17)14(2)3/h5-12,14,19-21H,4,13H2,1-3H3. The maximum atomic E-state index is 9.60. The highest BCUT2D eigenvalue weighted by Gasteiger charge is 2.12. The lowest BCUT2D eigenvalue weighted by Gasteiger charge is -2.19. The first kappa shape index (κ1) is 15.6. The van der Waals surface area contributed by atoms with Crippen molar-refractivity contribution in [2.45, 2.75) is 39.2 Å². The molecule has 0 heterocycles. The first-order chi connectivity index (χ1) is 10.1. The average molecular weight is 283 g/mol. The van der Waals surface area contributed by atoms with Crippen molar-refractivity contribution in [2.24, 2.45) is 0 Å². The summed E-state index contributed by atoms with van der Waals surface area (Å²) < 4.78 is 0. The lowest BCUT2D eigenvalue weighted by atomic mass is 9.95. The maximum absolute atomic E-state index is 9.60. The van der Waals surface area contributed by atoms with Gasteiger partial charge < -0.3 is 10.4 Å². The molecular weight excluding hydrogens is 258 g/mol. The molecule has 2 nitrogen and oxygen atoms in total. The largest absolute Gasteiger partial charge is 0.508 e. The lowest BCUT2D eigenvalue weighted by Crippen LogP contribution is -2.23. The number of benzene rings is 2. The number of phenols is 1. The third-order valence-corrected chi connectivity index (χ3v) is 3.81. The van der Waals surface area contributed by atoms with Crippen molar-refractivity contribution in [3.05, 3.63) is 65.2 Å². The van der Waals surface area contributed by atoms with Gasteiger partial charge in [-0.2, -0.15) is 0 Å². The van der Waals surface area contributed by atoms with Crippen LogP contribution in [-0.2, 0) is 6.42 Å². The van der Waals surface area contributed by atoms with E-state index in [-0.39, 0.29) is 6.04 Å². The number of hydrogen-bond acceptors (Lipinski definition) is 2. The lowest BCUT2D eigenvalue weighted by molar-refractivity contribution is 0.473. The second-order valence-electron chi connectivity index (χ2n) is 5.81. The molecule has 0 fully saturated rings. The number of phenolic OH excluding ortho intramolecular Hbond substituents is 1. The number of hydrogen-bond donors (Lipinski definition) is 2. The van der Waals surface area contributed by atoms with Gasteiger partial charge in [0.25, 0.3) is 0 Å². The molecule has 112 valence electrons. The van der Waals surface area contributed by atoms with E-state index in [4.69, 9.17) is 0 Å². The summed E-state index contributed by atoms with van der Waals surface area (Å²) in [4.78, 5) is 0. The summed E-state index contributed by atoms with van der Waals surface area (Å²) in [7, 11) is 0. The fourth-order valence-corrected chi connectivity index (χ4v) is 2.59. The van der Waals surface area contributed by atoms with Crippen LogP contribution in [0, 0.1) is 0 Å². The van der Waals surface area contributed by atoms with Crippen LogP contribution in [0.4, 0.5) is 0 Å². The Bertz CT molecular complexity index is 560. The molecule has 2 aromatic rings. The van der Waals surface area contributed by atoms with Crippen LogP contribution in [0.25, 0.3) is 0 Å². The van der Waals surface area contributed by atoms with E-state index in [1.807, 2.05) is 12.1 Å². The summed E-state index contributed by atoms with van der Waals surface area (Å²) in [6.07, 6.45) is 0.878. The minimum Gasteiger partial charge on any atom is -0.508 e. The van der Waals surface area contributed by atoms with Gasteiger partial charge in [0.05, 0.1) is 0 Å². The van der Waals surface area contributed by atoms with E-state index in [1.165, 1.54) is 11.1 Å². The van der Waals surface area contributed by atoms with Gasteiger partial charge in [0.1, 0.15) is 5.75 Å². The van der Waals surface area contributed by atoms with Crippen LogP contribution in [0.5, 0.6) is 5.75 Å². The van der Waals surface area contributed by atoms with E-state index in [9.17, 15) is 5.11 Å². The predicted octanol–water partition coefficient (Wildman–Crippen LogP) is 4.41. The Labute approximate surface area is 127 Å². The summed E-state index contributed by atoms with van der Waals surface area (Å²) in [5.74, 6) is 0.889. The SMILES string of the molecule is CCNC(Cc1cccc(O)c1)c1ccc(C(C)C)cc1. The highest BCUT2D eigenvalue weighted by Crippen LogP contribution is 2.23. The number of aromatic hydroxyl groups is 1. The molecule has 0 aromatic heterocycles. The first-order valence-electron chi connectivity index (χ1n) is 7.71. The normalized spacial score (nSPS) is 12.6. The monoisotopic (exact) mass is 283 g/mol.